The van der Waals surface area contributed by atoms with Crippen LogP contribution < -0.4 is 5.32 Å². The van der Waals surface area contributed by atoms with E-state index in [0.29, 0.717) is 11.0 Å². The van der Waals surface area contributed by atoms with Crippen LogP contribution in [0.2, 0.25) is 0 Å². The fourth-order valence-corrected chi connectivity index (χ4v) is 5.05. The summed E-state index contributed by atoms with van der Waals surface area (Å²) in [5.41, 5.74) is 4.22. The van der Waals surface area contributed by atoms with Gasteiger partial charge >= 0.3 is 19.2 Å². The van der Waals surface area contributed by atoms with Crippen molar-refractivity contribution in [3.05, 3.63) is 94.5 Å². The van der Waals surface area contributed by atoms with Crippen LogP contribution in [-0.2, 0) is 14.0 Å². The standard InChI is InChI=1S/C31H32BNO7/c1-30(2)31(3,4)40-32(39-30)20(15-19-13-14-25(28(35)36)27(34)16-19)17-33-29(37)38-18-26-23-11-7-5-9-21(23)22-10-6-8-12-24(22)26/h5-16,26,34H,17-18H2,1-4H3,(H,33,37)(H,35,36). The van der Waals surface area contributed by atoms with Crippen LogP contribution in [-0.4, -0.2) is 53.7 Å². The van der Waals surface area contributed by atoms with E-state index in [9.17, 15) is 19.8 Å². The van der Waals surface area contributed by atoms with Gasteiger partial charge in [0, 0.05) is 12.5 Å². The van der Waals surface area contributed by atoms with Crippen LogP contribution in [0.25, 0.3) is 17.2 Å². The zero-order valence-electron chi connectivity index (χ0n) is 22.9. The third-order valence-electron chi connectivity index (χ3n) is 7.94. The molecule has 0 aromatic heterocycles. The van der Waals surface area contributed by atoms with E-state index in [1.807, 2.05) is 52.0 Å². The van der Waals surface area contributed by atoms with Gasteiger partial charge < -0.3 is 29.6 Å². The summed E-state index contributed by atoms with van der Waals surface area (Å²) in [4.78, 5) is 24.2. The van der Waals surface area contributed by atoms with E-state index in [4.69, 9.17) is 14.0 Å². The maximum Gasteiger partial charge on any atom is 0.492 e. The number of aromatic carboxylic acids is 1. The summed E-state index contributed by atoms with van der Waals surface area (Å²) in [6.45, 7) is 7.94. The summed E-state index contributed by atoms with van der Waals surface area (Å²) in [5.74, 6) is -1.65. The number of hydrogen-bond donors (Lipinski definition) is 3. The number of carbonyl (C=O) groups is 2. The molecule has 206 valence electrons. The van der Waals surface area contributed by atoms with Crippen molar-refractivity contribution in [3.8, 4) is 16.9 Å². The molecule has 1 amide bonds. The molecule has 8 nitrogen and oxygen atoms in total. The Labute approximate surface area is 233 Å². The topological polar surface area (TPSA) is 114 Å². The van der Waals surface area contributed by atoms with Gasteiger partial charge in [-0.05, 0) is 73.1 Å². The van der Waals surface area contributed by atoms with Crippen molar-refractivity contribution in [2.45, 2.75) is 44.8 Å². The Bertz CT molecular complexity index is 1440. The van der Waals surface area contributed by atoms with E-state index >= 15 is 0 Å². The van der Waals surface area contributed by atoms with Crippen LogP contribution in [0.4, 0.5) is 4.79 Å². The first-order chi connectivity index (χ1) is 19.0. The lowest BCUT2D eigenvalue weighted by atomic mass is 9.77. The summed E-state index contributed by atoms with van der Waals surface area (Å²) in [7, 11) is -0.778. The van der Waals surface area contributed by atoms with Gasteiger partial charge in [0.2, 0.25) is 0 Å². The summed E-state index contributed by atoms with van der Waals surface area (Å²) in [5, 5.41) is 22.2. The van der Waals surface area contributed by atoms with E-state index < -0.39 is 30.4 Å². The molecule has 0 radical (unpaired) electrons. The van der Waals surface area contributed by atoms with Gasteiger partial charge in [-0.3, -0.25) is 0 Å². The monoisotopic (exact) mass is 541 g/mol. The minimum atomic E-state index is -1.23. The zero-order chi connectivity index (χ0) is 28.7. The van der Waals surface area contributed by atoms with Gasteiger partial charge in [-0.2, -0.15) is 0 Å². The molecule has 1 aliphatic heterocycles. The molecule has 9 heteroatoms. The minimum absolute atomic E-state index is 0.0505. The van der Waals surface area contributed by atoms with Gasteiger partial charge in [0.25, 0.3) is 0 Å². The molecule has 2 aliphatic rings. The number of alkyl carbamates (subject to hydrolysis) is 1. The SMILES string of the molecule is CC1(C)OB(C(=Cc2ccc(C(=O)O)c(O)c2)CNC(=O)OCC2c3ccccc3-c3ccccc32)OC1(C)C. The zero-order valence-corrected chi connectivity index (χ0v) is 22.9. The fraction of sp³-hybridized carbons (Fsp3) is 0.290. The molecule has 0 bridgehead atoms. The number of phenols is 1. The number of rotatable bonds is 7. The second kappa shape index (κ2) is 10.5. The van der Waals surface area contributed by atoms with Gasteiger partial charge in [-0.1, -0.05) is 60.7 Å². The molecule has 1 fully saturated rings. The smallest absolute Gasteiger partial charge is 0.492 e. The number of ether oxygens (including phenoxy) is 1. The maximum atomic E-state index is 12.9. The van der Waals surface area contributed by atoms with Crippen molar-refractivity contribution in [2.24, 2.45) is 0 Å². The lowest BCUT2D eigenvalue weighted by molar-refractivity contribution is 0.00578. The van der Waals surface area contributed by atoms with E-state index in [1.165, 1.54) is 12.1 Å². The number of amides is 1. The minimum Gasteiger partial charge on any atom is -0.507 e. The number of carboxylic acid groups (broad SMARTS) is 1. The summed E-state index contributed by atoms with van der Waals surface area (Å²) < 4.78 is 18.1. The van der Waals surface area contributed by atoms with E-state index in [1.54, 1.807) is 12.1 Å². The van der Waals surface area contributed by atoms with Crippen molar-refractivity contribution >= 4 is 25.3 Å². The van der Waals surface area contributed by atoms with Crippen molar-refractivity contribution in [1.82, 2.24) is 5.32 Å². The van der Waals surface area contributed by atoms with Crippen molar-refractivity contribution < 1.29 is 33.8 Å². The number of benzene rings is 3. The molecule has 0 spiro atoms. The molecule has 3 aromatic carbocycles. The van der Waals surface area contributed by atoms with Crippen LogP contribution in [0.5, 0.6) is 5.75 Å². The van der Waals surface area contributed by atoms with Crippen LogP contribution >= 0.6 is 0 Å². The quantitative estimate of drug-likeness (QED) is 0.332. The molecule has 1 aliphatic carbocycles. The largest absolute Gasteiger partial charge is 0.507 e. The van der Waals surface area contributed by atoms with Gasteiger partial charge in [0.1, 0.15) is 17.9 Å². The molecule has 0 saturated carbocycles. The molecule has 1 saturated heterocycles. The predicted molar refractivity (Wildman–Crippen MR) is 152 cm³/mol. The Kier molecular flexibility index (Phi) is 7.20. The Hall–Kier alpha value is -4.08. The summed E-state index contributed by atoms with van der Waals surface area (Å²) in [6, 6.07) is 20.5. The number of fused-ring (bicyclic) bond motifs is 3. The van der Waals surface area contributed by atoms with Gasteiger partial charge in [-0.15, -0.1) is 0 Å². The second-order valence-electron chi connectivity index (χ2n) is 11.1. The molecule has 40 heavy (non-hydrogen) atoms. The van der Waals surface area contributed by atoms with Gasteiger partial charge in [0.05, 0.1) is 11.2 Å². The number of carboxylic acids is 1. The average molecular weight is 541 g/mol. The Morgan fingerprint density at radius 1 is 0.950 bits per heavy atom. The third kappa shape index (κ3) is 5.22. The molecular weight excluding hydrogens is 509 g/mol. The maximum absolute atomic E-state index is 12.9. The number of hydrogen-bond acceptors (Lipinski definition) is 6. The predicted octanol–water partition coefficient (Wildman–Crippen LogP) is 5.64. The molecule has 0 unspecified atom stereocenters. The molecule has 0 atom stereocenters. The second-order valence-corrected chi connectivity index (χ2v) is 11.1. The summed E-state index contributed by atoms with van der Waals surface area (Å²) in [6.07, 6.45) is 1.12. The highest BCUT2D eigenvalue weighted by Gasteiger charge is 2.52. The Morgan fingerprint density at radius 2 is 1.52 bits per heavy atom. The highest BCUT2D eigenvalue weighted by atomic mass is 16.7. The van der Waals surface area contributed by atoms with E-state index in [2.05, 4.69) is 29.6 Å². The average Bonchev–Trinajstić information content (AvgIpc) is 3.34. The highest BCUT2D eigenvalue weighted by Crippen LogP contribution is 2.44. The van der Waals surface area contributed by atoms with Crippen LogP contribution in [0.15, 0.2) is 72.2 Å². The third-order valence-corrected chi connectivity index (χ3v) is 7.94. The van der Waals surface area contributed by atoms with Crippen molar-refractivity contribution in [1.29, 1.82) is 0 Å². The first-order valence-corrected chi connectivity index (χ1v) is 13.2. The lowest BCUT2D eigenvalue weighted by Gasteiger charge is -2.32. The lowest BCUT2D eigenvalue weighted by Crippen LogP contribution is -2.41. The number of aromatic hydroxyl groups is 1. The summed E-state index contributed by atoms with van der Waals surface area (Å²) >= 11 is 0. The Balaban J connectivity index is 1.32. The van der Waals surface area contributed by atoms with Gasteiger partial charge in [-0.25, -0.2) is 9.59 Å². The number of carbonyl (C=O) groups excluding carboxylic acids is 1. The highest BCUT2D eigenvalue weighted by molar-refractivity contribution is 6.56. The van der Waals surface area contributed by atoms with Crippen LogP contribution in [0, 0.1) is 0 Å². The van der Waals surface area contributed by atoms with E-state index in [0.717, 1.165) is 22.3 Å². The molecule has 3 aromatic rings. The van der Waals surface area contributed by atoms with Crippen molar-refractivity contribution in [3.63, 3.8) is 0 Å². The van der Waals surface area contributed by atoms with Crippen LogP contribution in [0.3, 0.4) is 0 Å². The number of nitrogens with one attached hydrogen (secondary N) is 1. The Morgan fingerprint density at radius 3 is 2.08 bits per heavy atom. The fourth-order valence-electron chi connectivity index (χ4n) is 5.05. The molecule has 5 rings (SSSR count). The molecular formula is C31H32BNO7. The van der Waals surface area contributed by atoms with Gasteiger partial charge in [0.15, 0.2) is 0 Å². The molecule has 3 N–H and O–H groups in total. The molecule has 1 heterocycles. The van der Waals surface area contributed by atoms with Crippen LogP contribution in [0.1, 0.15) is 60.7 Å². The van der Waals surface area contributed by atoms with Crippen molar-refractivity contribution in [2.75, 3.05) is 13.2 Å². The first kappa shape index (κ1) is 27.5. The first-order valence-electron chi connectivity index (χ1n) is 13.2. The normalized spacial score (nSPS) is 17.3. The van der Waals surface area contributed by atoms with E-state index in [-0.39, 0.29) is 30.4 Å².